The van der Waals surface area contributed by atoms with E-state index < -0.39 is 6.29 Å². The maximum absolute atomic E-state index is 13.6. The first-order valence-electron chi connectivity index (χ1n) is 15.1. The van der Waals surface area contributed by atoms with Crippen molar-refractivity contribution < 1.29 is 23.8 Å². The van der Waals surface area contributed by atoms with Crippen molar-refractivity contribution in [2.24, 2.45) is 0 Å². The van der Waals surface area contributed by atoms with Gasteiger partial charge in [-0.2, -0.15) is 5.26 Å². The van der Waals surface area contributed by atoms with Crippen LogP contribution in [0.5, 0.6) is 0 Å². The van der Waals surface area contributed by atoms with Crippen LogP contribution in [0.15, 0.2) is 18.3 Å². The molecular weight excluding hydrogens is 564 g/mol. The molecule has 13 nitrogen and oxygen atoms in total. The van der Waals surface area contributed by atoms with Crippen molar-refractivity contribution in [2.75, 3.05) is 84.5 Å². The largest absolute Gasteiger partial charge is 0.385 e. The summed E-state index contributed by atoms with van der Waals surface area (Å²) in [7, 11) is 6.82. The number of nitriles is 1. The first-order valence-corrected chi connectivity index (χ1v) is 15.1. The molecule has 0 atom stereocenters. The summed E-state index contributed by atoms with van der Waals surface area (Å²) >= 11 is 0. The van der Waals surface area contributed by atoms with E-state index in [1.807, 2.05) is 11.0 Å². The quantitative estimate of drug-likeness (QED) is 0.299. The number of ether oxygens (including phenoxy) is 3. The Morgan fingerprint density at radius 2 is 1.95 bits per heavy atom. The maximum atomic E-state index is 13.6. The standard InChI is InChI=1S/C31H42N8O5/c1-36-18-25(19-36)37-10-11-38(27(40)20-37)17-23-13-22-7-5-9-39(29(22)35-28(23)30(43-3)44-4)31(41)34-26-14-21(8-6-12-42-2)24(15-32)16-33-26/h13-14,16,25,30H,5-12,17-20H2,1-4H3,(H,33,34,41). The molecule has 2 saturated heterocycles. The number of rotatable bonds is 11. The number of piperazine rings is 1. The van der Waals surface area contributed by atoms with Crippen LogP contribution in [0.1, 0.15) is 47.1 Å². The Balaban J connectivity index is 1.35. The Morgan fingerprint density at radius 1 is 1.16 bits per heavy atom. The third kappa shape index (κ3) is 7.00. The fourth-order valence-electron chi connectivity index (χ4n) is 6.17. The lowest BCUT2D eigenvalue weighted by Gasteiger charge is -2.46. The number of nitrogens with zero attached hydrogens (tertiary/aromatic N) is 7. The molecule has 236 valence electrons. The summed E-state index contributed by atoms with van der Waals surface area (Å²) in [6.07, 6.45) is 3.61. The number of carbonyl (C=O) groups excluding carboxylic acids is 2. The zero-order chi connectivity index (χ0) is 31.2. The molecule has 3 amide bonds. The number of methoxy groups -OCH3 is 3. The maximum Gasteiger partial charge on any atom is 0.328 e. The van der Waals surface area contributed by atoms with Crippen LogP contribution < -0.4 is 10.2 Å². The summed E-state index contributed by atoms with van der Waals surface area (Å²) in [5.41, 5.74) is 3.59. The van der Waals surface area contributed by atoms with Crippen molar-refractivity contribution in [1.29, 1.82) is 5.26 Å². The molecule has 2 aromatic rings. The number of likely N-dealkylation sites (N-methyl/N-ethyl adjacent to an activating group) is 1. The molecule has 0 aliphatic carbocycles. The molecule has 0 spiro atoms. The van der Waals surface area contributed by atoms with Crippen LogP contribution in [0, 0.1) is 11.3 Å². The van der Waals surface area contributed by atoms with Gasteiger partial charge in [0, 0.05) is 79.4 Å². The van der Waals surface area contributed by atoms with E-state index in [-0.39, 0.29) is 11.9 Å². The molecule has 5 heterocycles. The van der Waals surface area contributed by atoms with E-state index in [4.69, 9.17) is 19.2 Å². The highest BCUT2D eigenvalue weighted by Crippen LogP contribution is 2.32. The number of pyridine rings is 2. The average Bonchev–Trinajstić information content (AvgIpc) is 3.01. The highest BCUT2D eigenvalue weighted by Gasteiger charge is 2.35. The molecule has 13 heteroatoms. The number of aryl methyl sites for hydroxylation is 2. The number of aromatic nitrogens is 2. The van der Waals surface area contributed by atoms with Gasteiger partial charge < -0.3 is 24.0 Å². The van der Waals surface area contributed by atoms with E-state index in [2.05, 4.69) is 33.2 Å². The fourth-order valence-corrected chi connectivity index (χ4v) is 6.17. The van der Waals surface area contributed by atoms with E-state index in [0.29, 0.717) is 68.1 Å². The normalized spacial score (nSPS) is 17.9. The Labute approximate surface area is 258 Å². The van der Waals surface area contributed by atoms with Gasteiger partial charge in [-0.3, -0.25) is 19.9 Å². The van der Waals surface area contributed by atoms with Crippen molar-refractivity contribution >= 4 is 23.6 Å². The minimum absolute atomic E-state index is 0.0957. The second kappa shape index (κ2) is 14.4. The molecular formula is C31H42N8O5. The highest BCUT2D eigenvalue weighted by molar-refractivity contribution is 6.01. The van der Waals surface area contributed by atoms with E-state index in [1.54, 1.807) is 32.3 Å². The highest BCUT2D eigenvalue weighted by atomic mass is 16.7. The van der Waals surface area contributed by atoms with E-state index in [0.717, 1.165) is 55.6 Å². The van der Waals surface area contributed by atoms with Crippen molar-refractivity contribution in [3.8, 4) is 6.07 Å². The van der Waals surface area contributed by atoms with Gasteiger partial charge in [-0.05, 0) is 61.6 Å². The Bertz CT molecular complexity index is 1390. The molecule has 0 radical (unpaired) electrons. The molecule has 2 fully saturated rings. The van der Waals surface area contributed by atoms with Crippen LogP contribution in [0.2, 0.25) is 0 Å². The van der Waals surface area contributed by atoms with Crippen LogP contribution in [0.25, 0.3) is 0 Å². The van der Waals surface area contributed by atoms with Crippen molar-refractivity contribution in [1.82, 2.24) is 24.7 Å². The fraction of sp³-hybridized carbons (Fsp3) is 0.581. The molecule has 0 aromatic carbocycles. The monoisotopic (exact) mass is 606 g/mol. The zero-order valence-corrected chi connectivity index (χ0v) is 26.0. The van der Waals surface area contributed by atoms with Gasteiger partial charge in [0.2, 0.25) is 12.2 Å². The predicted molar refractivity (Wildman–Crippen MR) is 163 cm³/mol. The van der Waals surface area contributed by atoms with E-state index in [1.165, 1.54) is 6.20 Å². The van der Waals surface area contributed by atoms with Gasteiger partial charge in [0.25, 0.3) is 0 Å². The molecule has 44 heavy (non-hydrogen) atoms. The molecule has 0 bridgehead atoms. The van der Waals surface area contributed by atoms with E-state index >= 15 is 0 Å². The number of anilines is 2. The Kier molecular flexibility index (Phi) is 10.4. The number of nitrogens with one attached hydrogen (secondary N) is 1. The van der Waals surface area contributed by atoms with Gasteiger partial charge in [-0.15, -0.1) is 0 Å². The SMILES string of the molecule is COCCCc1cc(NC(=O)N2CCCc3cc(CN4CCN(C5CN(C)C5)CC4=O)c(C(OC)OC)nc32)ncc1C#N. The van der Waals surface area contributed by atoms with Crippen LogP contribution >= 0.6 is 0 Å². The third-order valence-electron chi connectivity index (χ3n) is 8.58. The summed E-state index contributed by atoms with van der Waals surface area (Å²) in [4.78, 5) is 44.0. The van der Waals surface area contributed by atoms with Crippen molar-refractivity contribution in [3.05, 3.63) is 46.3 Å². The Morgan fingerprint density at radius 3 is 2.64 bits per heavy atom. The molecule has 2 aromatic heterocycles. The molecule has 0 saturated carbocycles. The number of amides is 3. The average molecular weight is 607 g/mol. The molecule has 3 aliphatic rings. The molecule has 0 unspecified atom stereocenters. The minimum Gasteiger partial charge on any atom is -0.385 e. The van der Waals surface area contributed by atoms with Gasteiger partial charge in [-0.1, -0.05) is 0 Å². The third-order valence-corrected chi connectivity index (χ3v) is 8.58. The lowest BCUT2D eigenvalue weighted by molar-refractivity contribution is -0.139. The zero-order valence-electron chi connectivity index (χ0n) is 26.0. The van der Waals surface area contributed by atoms with Crippen LogP contribution in [0.4, 0.5) is 16.4 Å². The van der Waals surface area contributed by atoms with Crippen LogP contribution in [-0.2, 0) is 38.4 Å². The minimum atomic E-state index is -0.765. The first kappa shape index (κ1) is 31.7. The van der Waals surface area contributed by atoms with Gasteiger partial charge in [0.1, 0.15) is 23.4 Å². The number of fused-ring (bicyclic) bond motifs is 1. The number of urea groups is 1. The molecule has 5 rings (SSSR count). The number of hydrogen-bond acceptors (Lipinski definition) is 10. The predicted octanol–water partition coefficient (Wildman–Crippen LogP) is 2.16. The van der Waals surface area contributed by atoms with Gasteiger partial charge in [0.05, 0.1) is 12.1 Å². The molecule has 1 N–H and O–H groups in total. The number of hydrogen-bond donors (Lipinski definition) is 1. The number of carbonyl (C=O) groups is 2. The second-order valence-electron chi connectivity index (χ2n) is 11.6. The van der Waals surface area contributed by atoms with Crippen molar-refractivity contribution in [3.63, 3.8) is 0 Å². The number of likely N-dealkylation sites (tertiary alicyclic amines) is 1. The lowest BCUT2D eigenvalue weighted by Crippen LogP contribution is -2.63. The smallest absolute Gasteiger partial charge is 0.328 e. The summed E-state index contributed by atoms with van der Waals surface area (Å²) in [5, 5.41) is 12.4. The summed E-state index contributed by atoms with van der Waals surface area (Å²) in [6.45, 7) is 5.32. The van der Waals surface area contributed by atoms with Gasteiger partial charge in [-0.25, -0.2) is 14.8 Å². The summed E-state index contributed by atoms with van der Waals surface area (Å²) in [5.74, 6) is 0.993. The van der Waals surface area contributed by atoms with Gasteiger partial charge >= 0.3 is 6.03 Å². The van der Waals surface area contributed by atoms with Crippen molar-refractivity contribution in [2.45, 2.75) is 44.6 Å². The summed E-state index contributed by atoms with van der Waals surface area (Å²) in [6, 6.07) is 6.03. The van der Waals surface area contributed by atoms with E-state index in [9.17, 15) is 14.9 Å². The first-order chi connectivity index (χ1) is 21.3. The second-order valence-corrected chi connectivity index (χ2v) is 11.6. The van der Waals surface area contributed by atoms with Crippen LogP contribution in [0.3, 0.4) is 0 Å². The molecule has 3 aliphatic heterocycles. The van der Waals surface area contributed by atoms with Gasteiger partial charge in [0.15, 0.2) is 0 Å². The topological polar surface area (TPSA) is 136 Å². The Hall–Kier alpha value is -3.67. The summed E-state index contributed by atoms with van der Waals surface area (Å²) < 4.78 is 16.4. The van der Waals surface area contributed by atoms with Crippen LogP contribution in [-0.4, -0.2) is 117 Å². The lowest BCUT2D eigenvalue weighted by atomic mass is 10.0.